The minimum absolute atomic E-state index is 0.273. The summed E-state index contributed by atoms with van der Waals surface area (Å²) in [6, 6.07) is 15.3. The van der Waals surface area contributed by atoms with Gasteiger partial charge in [0.25, 0.3) is 0 Å². The first-order valence-corrected chi connectivity index (χ1v) is 8.29. The first kappa shape index (κ1) is 16.1. The first-order chi connectivity index (χ1) is 10.1. The van der Waals surface area contributed by atoms with Crippen molar-refractivity contribution in [1.29, 1.82) is 0 Å². The van der Waals surface area contributed by atoms with Crippen LogP contribution in [-0.4, -0.2) is 11.8 Å². The molecular weight excluding hydrogens is 276 g/mol. The molecule has 0 aliphatic rings. The number of nitrogens with one attached hydrogen (secondary N) is 1. The van der Waals surface area contributed by atoms with E-state index in [1.54, 1.807) is 0 Å². The summed E-state index contributed by atoms with van der Waals surface area (Å²) in [7, 11) is 0. The summed E-state index contributed by atoms with van der Waals surface area (Å²) >= 11 is 1.86. The molecule has 0 saturated carbocycles. The van der Waals surface area contributed by atoms with Crippen molar-refractivity contribution in [2.45, 2.75) is 38.1 Å². The molecule has 0 amide bonds. The molecule has 0 aliphatic carbocycles. The van der Waals surface area contributed by atoms with Crippen LogP contribution in [0.25, 0.3) is 0 Å². The molecule has 0 bridgehead atoms. The summed E-state index contributed by atoms with van der Waals surface area (Å²) in [4.78, 5) is 1.30. The summed E-state index contributed by atoms with van der Waals surface area (Å²) in [6.45, 7) is 6.46. The number of nitrogens with two attached hydrogens (primary N) is 1. The SMILES string of the molecule is Cc1cccc(SCC(Cc2c(C)cccc2C)NN)c1. The summed E-state index contributed by atoms with van der Waals surface area (Å²) < 4.78 is 0. The Morgan fingerprint density at radius 3 is 2.33 bits per heavy atom. The van der Waals surface area contributed by atoms with E-state index >= 15 is 0 Å². The van der Waals surface area contributed by atoms with Gasteiger partial charge >= 0.3 is 0 Å². The molecule has 0 radical (unpaired) electrons. The van der Waals surface area contributed by atoms with Gasteiger partial charge in [-0.3, -0.25) is 11.3 Å². The van der Waals surface area contributed by atoms with Crippen molar-refractivity contribution in [2.24, 2.45) is 5.84 Å². The van der Waals surface area contributed by atoms with Gasteiger partial charge in [-0.2, -0.15) is 0 Å². The van der Waals surface area contributed by atoms with Crippen molar-refractivity contribution >= 4 is 11.8 Å². The summed E-state index contributed by atoms with van der Waals surface area (Å²) in [5.74, 6) is 6.72. The maximum atomic E-state index is 5.75. The molecule has 2 nitrogen and oxygen atoms in total. The van der Waals surface area contributed by atoms with E-state index in [9.17, 15) is 0 Å². The Kier molecular flexibility index (Phi) is 5.85. The number of hydrogen-bond acceptors (Lipinski definition) is 3. The largest absolute Gasteiger partial charge is 0.271 e. The number of thioether (sulfide) groups is 1. The van der Waals surface area contributed by atoms with Gasteiger partial charge in [0.15, 0.2) is 0 Å². The van der Waals surface area contributed by atoms with Crippen molar-refractivity contribution in [1.82, 2.24) is 5.43 Å². The number of hydrazine groups is 1. The van der Waals surface area contributed by atoms with Crippen LogP contribution < -0.4 is 11.3 Å². The lowest BCUT2D eigenvalue weighted by Gasteiger charge is -2.18. The molecule has 1 unspecified atom stereocenters. The van der Waals surface area contributed by atoms with Gasteiger partial charge in [-0.05, 0) is 56.0 Å². The normalized spacial score (nSPS) is 12.4. The standard InChI is InChI=1S/C18H24N2S/c1-13-6-4-9-17(10-13)21-12-16(20-19)11-18-14(2)7-5-8-15(18)3/h4-10,16,20H,11-12,19H2,1-3H3. The van der Waals surface area contributed by atoms with E-state index in [2.05, 4.69) is 68.7 Å². The Balaban J connectivity index is 2.00. The zero-order chi connectivity index (χ0) is 15.2. The third kappa shape index (κ3) is 4.60. The van der Waals surface area contributed by atoms with Gasteiger partial charge in [0.1, 0.15) is 0 Å². The number of hydrogen-bond donors (Lipinski definition) is 2. The maximum absolute atomic E-state index is 5.75. The zero-order valence-electron chi connectivity index (χ0n) is 13.0. The third-order valence-electron chi connectivity index (χ3n) is 3.77. The van der Waals surface area contributed by atoms with E-state index in [4.69, 9.17) is 5.84 Å². The molecule has 1 atom stereocenters. The molecule has 2 aromatic carbocycles. The Morgan fingerprint density at radius 1 is 1.05 bits per heavy atom. The van der Waals surface area contributed by atoms with Gasteiger partial charge in [0.05, 0.1) is 0 Å². The fraction of sp³-hybridized carbons (Fsp3) is 0.333. The highest BCUT2D eigenvalue weighted by molar-refractivity contribution is 7.99. The zero-order valence-corrected chi connectivity index (χ0v) is 13.8. The second kappa shape index (κ2) is 7.64. The Hall–Kier alpha value is -1.29. The van der Waals surface area contributed by atoms with Crippen LogP contribution in [0, 0.1) is 20.8 Å². The fourth-order valence-electron chi connectivity index (χ4n) is 2.49. The number of benzene rings is 2. The van der Waals surface area contributed by atoms with Crippen molar-refractivity contribution in [3.63, 3.8) is 0 Å². The molecule has 0 spiro atoms. The van der Waals surface area contributed by atoms with Crippen LogP contribution in [0.4, 0.5) is 0 Å². The lowest BCUT2D eigenvalue weighted by Crippen LogP contribution is -2.39. The van der Waals surface area contributed by atoms with E-state index in [1.165, 1.54) is 27.1 Å². The van der Waals surface area contributed by atoms with Gasteiger partial charge in [-0.25, -0.2) is 0 Å². The summed E-state index contributed by atoms with van der Waals surface area (Å²) in [5, 5.41) is 0. The van der Waals surface area contributed by atoms with Gasteiger partial charge in [0, 0.05) is 16.7 Å². The lowest BCUT2D eigenvalue weighted by atomic mass is 9.97. The van der Waals surface area contributed by atoms with Crippen LogP contribution >= 0.6 is 11.8 Å². The molecule has 0 aliphatic heterocycles. The molecule has 112 valence electrons. The molecule has 3 heteroatoms. The molecule has 21 heavy (non-hydrogen) atoms. The minimum atomic E-state index is 0.273. The predicted octanol–water partition coefficient (Wildman–Crippen LogP) is 3.78. The van der Waals surface area contributed by atoms with E-state index in [0.29, 0.717) is 0 Å². The van der Waals surface area contributed by atoms with Crippen molar-refractivity contribution in [3.05, 3.63) is 64.7 Å². The van der Waals surface area contributed by atoms with Gasteiger partial charge in [0.2, 0.25) is 0 Å². The Bertz CT molecular complexity index is 575. The highest BCUT2D eigenvalue weighted by Crippen LogP contribution is 2.22. The van der Waals surface area contributed by atoms with E-state index in [0.717, 1.165) is 12.2 Å². The average Bonchev–Trinajstić information content (AvgIpc) is 2.46. The van der Waals surface area contributed by atoms with Crippen molar-refractivity contribution in [3.8, 4) is 0 Å². The molecule has 2 rings (SSSR count). The van der Waals surface area contributed by atoms with Crippen molar-refractivity contribution in [2.75, 3.05) is 5.75 Å². The minimum Gasteiger partial charge on any atom is -0.271 e. The van der Waals surface area contributed by atoms with Crippen molar-refractivity contribution < 1.29 is 0 Å². The highest BCUT2D eigenvalue weighted by atomic mass is 32.2. The van der Waals surface area contributed by atoms with Crippen LogP contribution in [0.15, 0.2) is 47.4 Å². The maximum Gasteiger partial charge on any atom is 0.0345 e. The highest BCUT2D eigenvalue weighted by Gasteiger charge is 2.12. The molecule has 0 aromatic heterocycles. The summed E-state index contributed by atoms with van der Waals surface area (Å²) in [6.07, 6.45) is 0.966. The predicted molar refractivity (Wildman–Crippen MR) is 92.6 cm³/mol. The average molecular weight is 300 g/mol. The fourth-order valence-corrected chi connectivity index (χ4v) is 3.54. The number of rotatable bonds is 6. The van der Waals surface area contributed by atoms with Crippen LogP contribution in [0.3, 0.4) is 0 Å². The van der Waals surface area contributed by atoms with Crippen LogP contribution in [0.5, 0.6) is 0 Å². The molecule has 0 saturated heterocycles. The number of aryl methyl sites for hydroxylation is 3. The lowest BCUT2D eigenvalue weighted by molar-refractivity contribution is 0.573. The van der Waals surface area contributed by atoms with Crippen LogP contribution in [0.2, 0.25) is 0 Å². The molecular formula is C18H24N2S. The smallest absolute Gasteiger partial charge is 0.0345 e. The topological polar surface area (TPSA) is 38.0 Å². The van der Waals surface area contributed by atoms with E-state index < -0.39 is 0 Å². The molecule has 2 aromatic rings. The Labute approximate surface area is 132 Å². The van der Waals surface area contributed by atoms with E-state index in [-0.39, 0.29) is 6.04 Å². The van der Waals surface area contributed by atoms with Gasteiger partial charge in [-0.15, -0.1) is 11.8 Å². The van der Waals surface area contributed by atoms with E-state index in [1.807, 2.05) is 11.8 Å². The molecule has 3 N–H and O–H groups in total. The second-order valence-corrected chi connectivity index (χ2v) is 6.66. The quantitative estimate of drug-likeness (QED) is 0.484. The monoisotopic (exact) mass is 300 g/mol. The van der Waals surface area contributed by atoms with Gasteiger partial charge < -0.3 is 0 Å². The third-order valence-corrected chi connectivity index (χ3v) is 4.93. The molecule has 0 fully saturated rings. The van der Waals surface area contributed by atoms with Crippen LogP contribution in [-0.2, 0) is 6.42 Å². The van der Waals surface area contributed by atoms with Crippen LogP contribution in [0.1, 0.15) is 22.3 Å². The Morgan fingerprint density at radius 2 is 1.71 bits per heavy atom. The van der Waals surface area contributed by atoms with Gasteiger partial charge in [-0.1, -0.05) is 35.9 Å². The second-order valence-electron chi connectivity index (χ2n) is 5.57. The first-order valence-electron chi connectivity index (χ1n) is 7.31. The summed E-state index contributed by atoms with van der Waals surface area (Å²) in [5.41, 5.74) is 8.36. The molecule has 0 heterocycles.